The molecular formula is C18H41NO2Si3. The maximum Gasteiger partial charge on any atom is 0.424 e. The third-order valence-corrected chi connectivity index (χ3v) is 25.6. The Morgan fingerprint density at radius 1 is 0.792 bits per heavy atom. The van der Waals surface area contributed by atoms with Crippen LogP contribution in [0.4, 0.5) is 0 Å². The number of hydrogen-bond acceptors (Lipinski definition) is 3. The van der Waals surface area contributed by atoms with Gasteiger partial charge >= 0.3 is 8.72 Å². The molecule has 0 bridgehead atoms. The van der Waals surface area contributed by atoms with Crippen LogP contribution in [0, 0.1) is 11.8 Å². The Hall–Kier alpha value is 0.531. The lowest BCUT2D eigenvalue weighted by molar-refractivity contribution is 0.0807. The molecule has 24 heavy (non-hydrogen) atoms. The van der Waals surface area contributed by atoms with Crippen molar-refractivity contribution in [2.24, 2.45) is 11.8 Å². The maximum atomic E-state index is 6.43. The molecule has 1 saturated carbocycles. The van der Waals surface area contributed by atoms with E-state index in [0.29, 0.717) is 4.79 Å². The molecular weight excluding hydrogens is 346 g/mol. The second-order valence-corrected chi connectivity index (χ2v) is 25.9. The third-order valence-electron chi connectivity index (χ3n) is 6.41. The summed E-state index contributed by atoms with van der Waals surface area (Å²) in [5.74, 6) is 1.85. The van der Waals surface area contributed by atoms with E-state index >= 15 is 0 Å². The molecule has 0 spiro atoms. The van der Waals surface area contributed by atoms with Crippen LogP contribution in [-0.4, -0.2) is 56.7 Å². The second kappa shape index (κ2) is 7.64. The van der Waals surface area contributed by atoms with Crippen LogP contribution in [0.25, 0.3) is 0 Å². The summed E-state index contributed by atoms with van der Waals surface area (Å²) in [5, 5.41) is 0. The summed E-state index contributed by atoms with van der Waals surface area (Å²) in [7, 11) is -1.27. The van der Waals surface area contributed by atoms with Crippen molar-refractivity contribution in [1.82, 2.24) is 4.57 Å². The van der Waals surface area contributed by atoms with Gasteiger partial charge in [-0.25, -0.2) is 0 Å². The monoisotopic (exact) mass is 387 g/mol. The van der Waals surface area contributed by atoms with E-state index in [1.807, 2.05) is 14.2 Å². The third kappa shape index (κ3) is 4.09. The highest BCUT2D eigenvalue weighted by atomic mass is 28.5. The highest BCUT2D eigenvalue weighted by molar-refractivity contribution is 7.09. The minimum Gasteiger partial charge on any atom is -0.386 e. The van der Waals surface area contributed by atoms with E-state index in [0.717, 1.165) is 11.8 Å². The van der Waals surface area contributed by atoms with Crippen LogP contribution < -0.4 is 0 Å². The lowest BCUT2D eigenvalue weighted by Gasteiger charge is -2.54. The summed E-state index contributed by atoms with van der Waals surface area (Å²) in [4.78, 5) is 0.688. The Morgan fingerprint density at radius 2 is 1.29 bits per heavy atom. The predicted octanol–water partition coefficient (Wildman–Crippen LogP) is 4.86. The van der Waals surface area contributed by atoms with E-state index in [2.05, 4.69) is 43.8 Å². The van der Waals surface area contributed by atoms with Gasteiger partial charge < -0.3 is 8.85 Å². The zero-order chi connectivity index (χ0) is 18.2. The lowest BCUT2D eigenvalue weighted by Crippen LogP contribution is -2.72. The Balaban J connectivity index is 2.35. The normalized spacial score (nSPS) is 27.4. The van der Waals surface area contributed by atoms with Gasteiger partial charge in [0.25, 0.3) is 0 Å². The first kappa shape index (κ1) is 20.8. The summed E-state index contributed by atoms with van der Waals surface area (Å²) in [6.07, 6.45) is 7.11. The van der Waals surface area contributed by atoms with E-state index in [1.54, 1.807) is 0 Å². The van der Waals surface area contributed by atoms with Crippen molar-refractivity contribution in [3.05, 3.63) is 0 Å². The average Bonchev–Trinajstić information content (AvgIpc) is 2.49. The standard InChI is InChI=1S/C18H41NO2Si3/c1-20-24(21-2,18(22(3,4)5)23(6,7)8)19-14-13-16-11-9-10-12-17(16)15-19/h16-18H,9-15H2,1-8H3. The first-order valence-corrected chi connectivity index (χ1v) is 18.9. The van der Waals surface area contributed by atoms with Crippen LogP contribution in [0.1, 0.15) is 32.1 Å². The van der Waals surface area contributed by atoms with E-state index in [4.69, 9.17) is 8.85 Å². The Bertz CT molecular complexity index is 401. The zero-order valence-corrected chi connectivity index (χ0v) is 20.4. The first-order chi connectivity index (χ1) is 11.1. The van der Waals surface area contributed by atoms with Crippen molar-refractivity contribution >= 4 is 24.9 Å². The molecule has 0 N–H and O–H groups in total. The van der Waals surface area contributed by atoms with Gasteiger partial charge in [-0.05, 0) is 37.8 Å². The van der Waals surface area contributed by atoms with Crippen LogP contribution in [0.2, 0.25) is 44.1 Å². The minimum absolute atomic E-state index is 0.688. The van der Waals surface area contributed by atoms with Crippen molar-refractivity contribution in [1.29, 1.82) is 0 Å². The summed E-state index contributed by atoms with van der Waals surface area (Å²) in [6, 6.07) is 0. The molecule has 1 heterocycles. The number of piperidine rings is 1. The zero-order valence-electron chi connectivity index (χ0n) is 17.4. The van der Waals surface area contributed by atoms with Gasteiger partial charge in [0.1, 0.15) is 0 Å². The number of hydrogen-bond donors (Lipinski definition) is 0. The molecule has 0 amide bonds. The van der Waals surface area contributed by atoms with Gasteiger partial charge in [-0.3, -0.25) is 4.57 Å². The fourth-order valence-electron chi connectivity index (χ4n) is 6.04. The molecule has 3 nitrogen and oxygen atoms in total. The predicted molar refractivity (Wildman–Crippen MR) is 112 cm³/mol. The fraction of sp³-hybridized carbons (Fsp3) is 1.00. The smallest absolute Gasteiger partial charge is 0.386 e. The topological polar surface area (TPSA) is 21.7 Å². The lowest BCUT2D eigenvalue weighted by atomic mass is 9.76. The molecule has 2 fully saturated rings. The molecule has 2 atom stereocenters. The Morgan fingerprint density at radius 3 is 1.75 bits per heavy atom. The first-order valence-electron chi connectivity index (χ1n) is 9.91. The van der Waals surface area contributed by atoms with Gasteiger partial charge in [-0.15, -0.1) is 0 Å². The van der Waals surface area contributed by atoms with Crippen LogP contribution in [-0.2, 0) is 8.85 Å². The number of nitrogens with zero attached hydrogens (tertiary/aromatic N) is 1. The van der Waals surface area contributed by atoms with Gasteiger partial charge in [-0.2, -0.15) is 0 Å². The van der Waals surface area contributed by atoms with Crippen molar-refractivity contribution in [2.75, 3.05) is 27.3 Å². The molecule has 0 radical (unpaired) electrons. The Kier molecular flexibility index (Phi) is 6.64. The molecule has 2 rings (SSSR count). The van der Waals surface area contributed by atoms with Gasteiger partial charge in [0.15, 0.2) is 0 Å². The molecule has 1 aliphatic carbocycles. The van der Waals surface area contributed by atoms with Gasteiger partial charge in [0, 0.05) is 35.2 Å². The fourth-order valence-corrected chi connectivity index (χ4v) is 30.1. The minimum atomic E-state index is -2.36. The molecule has 142 valence electrons. The van der Waals surface area contributed by atoms with Gasteiger partial charge in [0.05, 0.1) is 0 Å². The molecule has 2 aliphatic rings. The average molecular weight is 388 g/mol. The van der Waals surface area contributed by atoms with Crippen molar-refractivity contribution in [2.45, 2.75) is 76.2 Å². The second-order valence-electron chi connectivity index (χ2n) is 10.2. The molecule has 6 heteroatoms. The van der Waals surface area contributed by atoms with Gasteiger partial charge in [0.2, 0.25) is 0 Å². The van der Waals surface area contributed by atoms with Crippen LogP contribution in [0.3, 0.4) is 0 Å². The molecule has 0 aromatic rings. The SMILES string of the molecule is CO[Si](OC)(C([Si](C)(C)C)[Si](C)(C)C)N1CCC2CCCCC2C1. The molecule has 1 aliphatic heterocycles. The highest BCUT2D eigenvalue weighted by Gasteiger charge is 2.61. The summed E-state index contributed by atoms with van der Waals surface area (Å²) < 4.78 is 15.6. The number of fused-ring (bicyclic) bond motifs is 1. The van der Waals surface area contributed by atoms with Crippen molar-refractivity contribution < 1.29 is 8.85 Å². The van der Waals surface area contributed by atoms with Crippen LogP contribution >= 0.6 is 0 Å². The molecule has 2 unspecified atom stereocenters. The van der Waals surface area contributed by atoms with E-state index < -0.39 is 24.9 Å². The Labute approximate surface area is 153 Å². The van der Waals surface area contributed by atoms with Gasteiger partial charge in [-0.1, -0.05) is 58.5 Å². The van der Waals surface area contributed by atoms with E-state index in [9.17, 15) is 0 Å². The van der Waals surface area contributed by atoms with Crippen LogP contribution in [0.15, 0.2) is 0 Å². The van der Waals surface area contributed by atoms with E-state index in [1.165, 1.54) is 45.2 Å². The largest absolute Gasteiger partial charge is 0.424 e. The quantitative estimate of drug-likeness (QED) is 0.608. The summed E-state index contributed by atoms with van der Waals surface area (Å²) in [5.41, 5.74) is 0. The van der Waals surface area contributed by atoms with Crippen LogP contribution in [0.5, 0.6) is 0 Å². The maximum absolute atomic E-state index is 6.43. The molecule has 0 aromatic heterocycles. The highest BCUT2D eigenvalue weighted by Crippen LogP contribution is 2.45. The molecule has 0 aromatic carbocycles. The summed E-state index contributed by atoms with van der Waals surface area (Å²) in [6.45, 7) is 17.6. The molecule has 1 saturated heterocycles. The number of rotatable bonds is 6. The summed E-state index contributed by atoms with van der Waals surface area (Å²) >= 11 is 0. The van der Waals surface area contributed by atoms with Crippen molar-refractivity contribution in [3.8, 4) is 0 Å². The van der Waals surface area contributed by atoms with E-state index in [-0.39, 0.29) is 0 Å². The van der Waals surface area contributed by atoms with Crippen molar-refractivity contribution in [3.63, 3.8) is 0 Å².